The fraction of sp³-hybridized carbons (Fsp3) is 0.292. The molecule has 0 saturated carbocycles. The number of rotatable bonds is 5. The monoisotopic (exact) mass is 434 g/mol. The van der Waals surface area contributed by atoms with E-state index in [9.17, 15) is 14.3 Å². The lowest BCUT2D eigenvalue weighted by Crippen LogP contribution is -2.40. The van der Waals surface area contributed by atoms with Gasteiger partial charge in [0.05, 0.1) is 17.1 Å². The second kappa shape index (κ2) is 8.55. The maximum Gasteiger partial charge on any atom is 0.308 e. The molecule has 1 aliphatic rings. The van der Waals surface area contributed by atoms with Gasteiger partial charge in [-0.25, -0.2) is 9.37 Å². The normalized spacial score (nSPS) is 14.9. The van der Waals surface area contributed by atoms with Crippen LogP contribution in [0, 0.1) is 5.82 Å². The van der Waals surface area contributed by atoms with Gasteiger partial charge in [0.2, 0.25) is 5.91 Å². The third kappa shape index (κ3) is 4.01. The molecule has 1 fully saturated rings. The number of hydrogen-bond acceptors (Lipinski definition) is 5. The number of likely N-dealkylation sites (tertiary alicyclic amines) is 1. The molecule has 1 N–H and O–H groups in total. The minimum atomic E-state index is -0.331. The Morgan fingerprint density at radius 2 is 1.88 bits per heavy atom. The van der Waals surface area contributed by atoms with E-state index >= 15 is 0 Å². The number of aromatic nitrogens is 3. The summed E-state index contributed by atoms with van der Waals surface area (Å²) in [4.78, 5) is 23.6. The summed E-state index contributed by atoms with van der Waals surface area (Å²) >= 11 is 0. The van der Waals surface area contributed by atoms with Crippen LogP contribution in [0.15, 0.2) is 59.3 Å². The van der Waals surface area contributed by atoms with Crippen LogP contribution in [0.5, 0.6) is 0 Å². The van der Waals surface area contributed by atoms with Crippen molar-refractivity contribution in [3.8, 4) is 17.3 Å². The highest BCUT2D eigenvalue weighted by Gasteiger charge is 2.23. The first-order valence-corrected chi connectivity index (χ1v) is 10.7. The lowest BCUT2D eigenvalue weighted by atomic mass is 10.1. The van der Waals surface area contributed by atoms with E-state index in [1.54, 1.807) is 27.9 Å². The van der Waals surface area contributed by atoms with Crippen molar-refractivity contribution in [2.45, 2.75) is 31.8 Å². The average Bonchev–Trinajstić information content (AvgIpc) is 3.43. The highest BCUT2D eigenvalue weighted by molar-refractivity contribution is 5.78. The van der Waals surface area contributed by atoms with E-state index in [2.05, 4.69) is 9.97 Å². The van der Waals surface area contributed by atoms with Gasteiger partial charge in [-0.05, 0) is 49.2 Å². The van der Waals surface area contributed by atoms with Crippen LogP contribution in [-0.4, -0.2) is 49.6 Å². The van der Waals surface area contributed by atoms with Gasteiger partial charge in [-0.2, -0.15) is 4.98 Å². The molecular formula is C24H23FN4O3. The number of oxazole rings is 1. The van der Waals surface area contributed by atoms with Gasteiger partial charge >= 0.3 is 6.01 Å². The fourth-order valence-electron chi connectivity index (χ4n) is 4.05. The molecule has 0 unspecified atom stereocenters. The van der Waals surface area contributed by atoms with E-state index in [-0.39, 0.29) is 24.2 Å². The summed E-state index contributed by atoms with van der Waals surface area (Å²) in [7, 11) is 0. The van der Waals surface area contributed by atoms with Crippen molar-refractivity contribution in [2.75, 3.05) is 13.1 Å². The molecule has 8 heteroatoms. The molecule has 164 valence electrons. The van der Waals surface area contributed by atoms with Gasteiger partial charge in [0.25, 0.3) is 0 Å². The molecule has 0 spiro atoms. The summed E-state index contributed by atoms with van der Waals surface area (Å²) in [5.74, 6) is 0.254. The first kappa shape index (κ1) is 20.4. The molecule has 1 saturated heterocycles. The molecule has 1 aliphatic heterocycles. The lowest BCUT2D eigenvalue weighted by molar-refractivity contribution is -0.133. The van der Waals surface area contributed by atoms with E-state index in [1.165, 1.54) is 12.1 Å². The molecule has 7 nitrogen and oxygen atoms in total. The van der Waals surface area contributed by atoms with Gasteiger partial charge in [0, 0.05) is 31.5 Å². The molecule has 2 aromatic heterocycles. The van der Waals surface area contributed by atoms with E-state index in [1.807, 2.05) is 24.3 Å². The first-order valence-electron chi connectivity index (χ1n) is 10.7. The Bertz CT molecular complexity index is 1240. The van der Waals surface area contributed by atoms with Crippen LogP contribution >= 0.6 is 0 Å². The summed E-state index contributed by atoms with van der Waals surface area (Å²) in [6, 6.07) is 14.1. The molecule has 0 bridgehead atoms. The van der Waals surface area contributed by atoms with Crippen LogP contribution < -0.4 is 0 Å². The molecule has 5 rings (SSSR count). The number of amides is 1. The number of piperidine rings is 1. The van der Waals surface area contributed by atoms with Crippen molar-refractivity contribution < 1.29 is 18.7 Å². The quantitative estimate of drug-likeness (QED) is 0.517. The lowest BCUT2D eigenvalue weighted by Gasteiger charge is -2.29. The zero-order chi connectivity index (χ0) is 22.1. The summed E-state index contributed by atoms with van der Waals surface area (Å²) in [6.07, 6.45) is 3.16. The van der Waals surface area contributed by atoms with Gasteiger partial charge in [0.15, 0.2) is 0 Å². The van der Waals surface area contributed by atoms with E-state index < -0.39 is 0 Å². The molecule has 2 aromatic carbocycles. The van der Waals surface area contributed by atoms with E-state index in [4.69, 9.17) is 4.42 Å². The second-order valence-corrected chi connectivity index (χ2v) is 7.99. The summed E-state index contributed by atoms with van der Waals surface area (Å²) in [6.45, 7) is 1.13. The Morgan fingerprint density at radius 1 is 1.12 bits per heavy atom. The molecule has 0 atom stereocenters. The highest BCUT2D eigenvalue weighted by atomic mass is 19.1. The zero-order valence-corrected chi connectivity index (χ0v) is 17.4. The number of benzene rings is 2. The number of aliphatic hydroxyl groups is 1. The molecule has 0 radical (unpaired) electrons. The topological polar surface area (TPSA) is 84.4 Å². The number of aryl methyl sites for hydroxylation is 1. The molecular weight excluding hydrogens is 411 g/mol. The van der Waals surface area contributed by atoms with E-state index in [0.717, 1.165) is 16.6 Å². The molecule has 32 heavy (non-hydrogen) atoms. The van der Waals surface area contributed by atoms with Crippen molar-refractivity contribution in [3.05, 3.63) is 66.4 Å². The Morgan fingerprint density at radius 3 is 2.66 bits per heavy atom. The van der Waals surface area contributed by atoms with Crippen molar-refractivity contribution in [3.63, 3.8) is 0 Å². The van der Waals surface area contributed by atoms with Crippen molar-refractivity contribution in [1.29, 1.82) is 0 Å². The van der Waals surface area contributed by atoms with Gasteiger partial charge in [0.1, 0.15) is 23.6 Å². The summed E-state index contributed by atoms with van der Waals surface area (Å²) in [5.41, 5.74) is 2.97. The minimum absolute atomic E-state index is 0.0213. The van der Waals surface area contributed by atoms with Crippen LogP contribution in [-0.2, 0) is 11.2 Å². The third-order valence-corrected chi connectivity index (χ3v) is 5.85. The van der Waals surface area contributed by atoms with Crippen LogP contribution in [0.1, 0.15) is 25.0 Å². The Balaban J connectivity index is 1.45. The second-order valence-electron chi connectivity index (χ2n) is 7.99. The van der Waals surface area contributed by atoms with Gasteiger partial charge in [-0.15, -0.1) is 0 Å². The predicted octanol–water partition coefficient (Wildman–Crippen LogP) is 3.74. The maximum atomic E-state index is 13.5. The zero-order valence-electron chi connectivity index (χ0n) is 17.4. The Hall–Kier alpha value is -3.52. The minimum Gasteiger partial charge on any atom is -0.427 e. The van der Waals surface area contributed by atoms with Crippen LogP contribution in [0.2, 0.25) is 0 Å². The van der Waals surface area contributed by atoms with Gasteiger partial charge in [-0.1, -0.05) is 12.1 Å². The fourth-order valence-corrected chi connectivity index (χ4v) is 4.05. The van der Waals surface area contributed by atoms with Crippen molar-refractivity contribution >= 4 is 16.9 Å². The van der Waals surface area contributed by atoms with E-state index in [0.29, 0.717) is 49.8 Å². The standard InChI is InChI=1S/C24H23FN4O3/c25-17-7-5-16(6-8-17)23-21(9-10-22(31)28-13-11-18(30)12-14-28)32-24(27-23)29-15-26-19-3-1-2-4-20(19)29/h1-8,15,18,30H,9-14H2. The number of fused-ring (bicyclic) bond motifs is 1. The van der Waals surface area contributed by atoms with Gasteiger partial charge < -0.3 is 14.4 Å². The van der Waals surface area contributed by atoms with Crippen molar-refractivity contribution in [1.82, 2.24) is 19.4 Å². The largest absolute Gasteiger partial charge is 0.427 e. The van der Waals surface area contributed by atoms with Gasteiger partial charge in [-0.3, -0.25) is 9.36 Å². The Kier molecular flexibility index (Phi) is 5.45. The number of aliphatic hydroxyl groups excluding tert-OH is 1. The first-order chi connectivity index (χ1) is 15.6. The number of nitrogens with zero attached hydrogens (tertiary/aromatic N) is 4. The third-order valence-electron chi connectivity index (χ3n) is 5.85. The molecule has 3 heterocycles. The Labute approximate surface area is 184 Å². The molecule has 4 aromatic rings. The SMILES string of the molecule is O=C(CCc1oc(-n2cnc3ccccc32)nc1-c1ccc(F)cc1)N1CCC(O)CC1. The number of halogens is 1. The van der Waals surface area contributed by atoms with Crippen LogP contribution in [0.25, 0.3) is 28.3 Å². The number of carbonyl (C=O) groups is 1. The maximum absolute atomic E-state index is 13.5. The number of para-hydroxylation sites is 2. The summed E-state index contributed by atoms with van der Waals surface area (Å²) in [5, 5.41) is 9.67. The van der Waals surface area contributed by atoms with Crippen LogP contribution in [0.3, 0.4) is 0 Å². The van der Waals surface area contributed by atoms with Crippen LogP contribution in [0.4, 0.5) is 4.39 Å². The summed E-state index contributed by atoms with van der Waals surface area (Å²) < 4.78 is 21.3. The number of hydrogen-bond donors (Lipinski definition) is 1. The average molecular weight is 434 g/mol. The predicted molar refractivity (Wildman–Crippen MR) is 117 cm³/mol. The molecule has 1 amide bonds. The molecule has 0 aliphatic carbocycles. The number of carbonyl (C=O) groups excluding carboxylic acids is 1. The number of imidazole rings is 1. The smallest absolute Gasteiger partial charge is 0.308 e. The highest BCUT2D eigenvalue weighted by Crippen LogP contribution is 2.29. The van der Waals surface area contributed by atoms with Crippen molar-refractivity contribution in [2.24, 2.45) is 0 Å².